The zero-order valence-electron chi connectivity index (χ0n) is 18.1. The van der Waals surface area contributed by atoms with Crippen LogP contribution in [0.3, 0.4) is 0 Å². The molecule has 3 heterocycles. The lowest BCUT2D eigenvalue weighted by Gasteiger charge is -2.23. The van der Waals surface area contributed by atoms with E-state index in [2.05, 4.69) is 50.8 Å². The Balaban J connectivity index is 1.25. The molecular formula is C26H23N5OS. The summed E-state index contributed by atoms with van der Waals surface area (Å²) in [6.45, 7) is 1.30. The molecule has 1 N–H and O–H groups in total. The van der Waals surface area contributed by atoms with Crippen molar-refractivity contribution in [2.45, 2.75) is 38.4 Å². The predicted molar refractivity (Wildman–Crippen MR) is 132 cm³/mol. The van der Waals surface area contributed by atoms with Gasteiger partial charge < -0.3 is 5.32 Å². The average Bonchev–Trinajstić information content (AvgIpc) is 3.23. The first-order chi connectivity index (χ1) is 16.2. The Morgan fingerprint density at radius 2 is 1.97 bits per heavy atom. The zero-order chi connectivity index (χ0) is 22.2. The predicted octanol–water partition coefficient (Wildman–Crippen LogP) is 4.10. The van der Waals surface area contributed by atoms with Crippen molar-refractivity contribution in [1.29, 1.82) is 0 Å². The molecule has 0 aliphatic heterocycles. The second kappa shape index (κ2) is 8.50. The largest absolute Gasteiger partial charge is 0.309 e. The van der Waals surface area contributed by atoms with E-state index in [1.54, 1.807) is 34.6 Å². The molecule has 6 rings (SSSR count). The molecule has 33 heavy (non-hydrogen) atoms. The SMILES string of the molecule is O=c1c2c3c(sc2ncn1Cc1ccc2ccccc2c1)CC(NCc1ccnnc1)CC3. The van der Waals surface area contributed by atoms with Crippen molar-refractivity contribution >= 4 is 32.3 Å². The van der Waals surface area contributed by atoms with Gasteiger partial charge in [-0.25, -0.2) is 4.98 Å². The molecule has 1 unspecified atom stereocenters. The highest BCUT2D eigenvalue weighted by molar-refractivity contribution is 7.18. The molecule has 6 nitrogen and oxygen atoms in total. The molecular weight excluding hydrogens is 430 g/mol. The molecule has 1 aliphatic carbocycles. The van der Waals surface area contributed by atoms with E-state index < -0.39 is 0 Å². The van der Waals surface area contributed by atoms with E-state index in [1.165, 1.54) is 21.2 Å². The maximum Gasteiger partial charge on any atom is 0.262 e. The summed E-state index contributed by atoms with van der Waals surface area (Å²) in [6.07, 6.45) is 8.06. The van der Waals surface area contributed by atoms with Crippen LogP contribution in [-0.4, -0.2) is 25.8 Å². The van der Waals surface area contributed by atoms with E-state index in [0.717, 1.165) is 47.2 Å². The normalized spacial score (nSPS) is 15.7. The van der Waals surface area contributed by atoms with Crippen LogP contribution in [0.25, 0.3) is 21.0 Å². The molecule has 0 spiro atoms. The van der Waals surface area contributed by atoms with Crippen molar-refractivity contribution in [3.05, 3.63) is 99.2 Å². The molecule has 0 saturated carbocycles. The Hall–Kier alpha value is -3.42. The fraction of sp³-hybridized carbons (Fsp3) is 0.231. The van der Waals surface area contributed by atoms with Gasteiger partial charge in [-0.3, -0.25) is 9.36 Å². The molecule has 5 aromatic rings. The van der Waals surface area contributed by atoms with Crippen LogP contribution in [0.4, 0.5) is 0 Å². The van der Waals surface area contributed by atoms with Gasteiger partial charge >= 0.3 is 0 Å². The second-order valence-corrected chi connectivity index (χ2v) is 9.70. The average molecular weight is 454 g/mol. The van der Waals surface area contributed by atoms with Crippen molar-refractivity contribution in [3.63, 3.8) is 0 Å². The summed E-state index contributed by atoms with van der Waals surface area (Å²) in [5.74, 6) is 0. The van der Waals surface area contributed by atoms with Gasteiger partial charge in [-0.2, -0.15) is 10.2 Å². The number of nitrogens with zero attached hydrogens (tertiary/aromatic N) is 4. The minimum absolute atomic E-state index is 0.0694. The number of fused-ring (bicyclic) bond motifs is 4. The molecule has 0 bridgehead atoms. The molecule has 2 aromatic carbocycles. The van der Waals surface area contributed by atoms with Crippen LogP contribution in [0, 0.1) is 0 Å². The fourth-order valence-corrected chi connectivity index (χ4v) is 5.96. The van der Waals surface area contributed by atoms with Gasteiger partial charge in [-0.05, 0) is 58.9 Å². The monoisotopic (exact) mass is 453 g/mol. The molecule has 1 aliphatic rings. The van der Waals surface area contributed by atoms with Gasteiger partial charge in [0.15, 0.2) is 0 Å². The van der Waals surface area contributed by atoms with Crippen molar-refractivity contribution in [2.75, 3.05) is 0 Å². The summed E-state index contributed by atoms with van der Waals surface area (Å²) in [4.78, 5) is 20.2. The molecule has 7 heteroatoms. The van der Waals surface area contributed by atoms with E-state index in [-0.39, 0.29) is 5.56 Å². The van der Waals surface area contributed by atoms with Gasteiger partial charge in [0.25, 0.3) is 5.56 Å². The second-order valence-electron chi connectivity index (χ2n) is 8.61. The van der Waals surface area contributed by atoms with Crippen LogP contribution < -0.4 is 10.9 Å². The standard InChI is InChI=1S/C26H23N5OS/c32-26-24-22-8-7-21(27-13-18-9-10-29-30-14-18)12-23(22)33-25(24)28-16-31(26)15-17-5-6-19-3-1-2-4-20(19)11-17/h1-6,9-11,14,16,21,27H,7-8,12-13,15H2. The fourth-order valence-electron chi connectivity index (χ4n) is 4.71. The number of hydrogen-bond acceptors (Lipinski definition) is 6. The summed E-state index contributed by atoms with van der Waals surface area (Å²) in [6, 6.07) is 17.0. The maximum atomic E-state index is 13.4. The minimum Gasteiger partial charge on any atom is -0.309 e. The first-order valence-electron chi connectivity index (χ1n) is 11.2. The molecule has 1 atom stereocenters. The summed E-state index contributed by atoms with van der Waals surface area (Å²) in [7, 11) is 0. The topological polar surface area (TPSA) is 72.7 Å². The van der Waals surface area contributed by atoms with Gasteiger partial charge in [0.05, 0.1) is 24.5 Å². The third-order valence-corrected chi connectivity index (χ3v) is 7.61. The molecule has 0 saturated heterocycles. The van der Waals surface area contributed by atoms with E-state index in [9.17, 15) is 4.79 Å². The van der Waals surface area contributed by atoms with Crippen LogP contribution in [-0.2, 0) is 25.9 Å². The summed E-state index contributed by atoms with van der Waals surface area (Å²) in [5.41, 5.74) is 3.50. The number of hydrogen-bond donors (Lipinski definition) is 1. The van der Waals surface area contributed by atoms with Crippen molar-refractivity contribution in [1.82, 2.24) is 25.1 Å². The first kappa shape index (κ1) is 20.2. The lowest BCUT2D eigenvalue weighted by molar-refractivity contribution is 0.462. The summed E-state index contributed by atoms with van der Waals surface area (Å²) < 4.78 is 1.75. The minimum atomic E-state index is 0.0694. The third kappa shape index (κ3) is 3.94. The Morgan fingerprint density at radius 3 is 2.85 bits per heavy atom. The highest BCUT2D eigenvalue weighted by Gasteiger charge is 2.25. The third-order valence-electron chi connectivity index (χ3n) is 6.44. The van der Waals surface area contributed by atoms with E-state index in [1.807, 2.05) is 18.2 Å². The van der Waals surface area contributed by atoms with E-state index in [4.69, 9.17) is 0 Å². The van der Waals surface area contributed by atoms with Crippen molar-refractivity contribution < 1.29 is 0 Å². The van der Waals surface area contributed by atoms with Gasteiger partial charge in [0.1, 0.15) is 4.83 Å². The quantitative estimate of drug-likeness (QED) is 0.434. The number of thiophene rings is 1. The highest BCUT2D eigenvalue weighted by Crippen LogP contribution is 2.33. The van der Waals surface area contributed by atoms with Crippen molar-refractivity contribution in [3.8, 4) is 0 Å². The first-order valence-corrected chi connectivity index (χ1v) is 12.0. The Labute approximate surface area is 195 Å². The Morgan fingerprint density at radius 1 is 1.06 bits per heavy atom. The van der Waals surface area contributed by atoms with Gasteiger partial charge in [-0.1, -0.05) is 36.4 Å². The van der Waals surface area contributed by atoms with Gasteiger partial charge in [0.2, 0.25) is 0 Å². The van der Waals surface area contributed by atoms with Gasteiger partial charge in [-0.15, -0.1) is 11.3 Å². The maximum absolute atomic E-state index is 13.4. The Bertz CT molecular complexity index is 1510. The lowest BCUT2D eigenvalue weighted by Crippen LogP contribution is -2.33. The number of aromatic nitrogens is 4. The molecule has 3 aromatic heterocycles. The van der Waals surface area contributed by atoms with Crippen LogP contribution in [0.15, 0.2) is 72.0 Å². The smallest absolute Gasteiger partial charge is 0.262 e. The van der Waals surface area contributed by atoms with Crippen LogP contribution in [0.1, 0.15) is 28.0 Å². The number of rotatable bonds is 5. The molecule has 0 amide bonds. The summed E-state index contributed by atoms with van der Waals surface area (Å²) in [5, 5.41) is 14.6. The van der Waals surface area contributed by atoms with E-state index in [0.29, 0.717) is 12.6 Å². The van der Waals surface area contributed by atoms with Crippen LogP contribution in [0.5, 0.6) is 0 Å². The molecule has 164 valence electrons. The summed E-state index contributed by atoms with van der Waals surface area (Å²) >= 11 is 1.67. The van der Waals surface area contributed by atoms with Crippen LogP contribution in [0.2, 0.25) is 0 Å². The Kier molecular flexibility index (Phi) is 5.20. The molecule has 0 radical (unpaired) electrons. The highest BCUT2D eigenvalue weighted by atomic mass is 32.1. The number of benzene rings is 2. The number of nitrogens with one attached hydrogen (secondary N) is 1. The lowest BCUT2D eigenvalue weighted by atomic mass is 9.93. The number of aryl methyl sites for hydroxylation is 1. The van der Waals surface area contributed by atoms with Gasteiger partial charge in [0, 0.05) is 23.7 Å². The van der Waals surface area contributed by atoms with E-state index >= 15 is 0 Å². The van der Waals surface area contributed by atoms with Crippen molar-refractivity contribution in [2.24, 2.45) is 0 Å². The molecule has 0 fully saturated rings. The van der Waals surface area contributed by atoms with Crippen LogP contribution >= 0.6 is 11.3 Å². The zero-order valence-corrected chi connectivity index (χ0v) is 18.9.